The van der Waals surface area contributed by atoms with Crippen molar-refractivity contribution in [3.8, 4) is 0 Å². The van der Waals surface area contributed by atoms with Gasteiger partial charge in [-0.3, -0.25) is 0 Å². The molecule has 0 spiro atoms. The number of hydrogen-bond acceptors (Lipinski definition) is 2. The fourth-order valence-corrected chi connectivity index (χ4v) is 2.92. The molecule has 0 saturated heterocycles. The molecule has 2 aromatic rings. The lowest BCUT2D eigenvalue weighted by Gasteiger charge is -2.17. The second-order valence-electron chi connectivity index (χ2n) is 4.78. The summed E-state index contributed by atoms with van der Waals surface area (Å²) in [4.78, 5) is 1.23. The zero-order valence-corrected chi connectivity index (χ0v) is 13.0. The molecule has 0 radical (unpaired) electrons. The van der Waals surface area contributed by atoms with Crippen LogP contribution in [0.4, 0.5) is 8.78 Å². The molecule has 2 rings (SSSR count). The summed E-state index contributed by atoms with van der Waals surface area (Å²) in [7, 11) is 1.85. The van der Waals surface area contributed by atoms with E-state index in [9.17, 15) is 8.78 Å². The smallest absolute Gasteiger partial charge is 0.129 e. The minimum absolute atomic E-state index is 0.00522. The van der Waals surface area contributed by atoms with Crippen molar-refractivity contribution in [1.82, 2.24) is 5.32 Å². The van der Waals surface area contributed by atoms with Crippen LogP contribution in [0, 0.1) is 11.6 Å². The molecule has 1 atom stereocenters. The lowest BCUT2D eigenvalue weighted by atomic mass is 9.98. The largest absolute Gasteiger partial charge is 0.313 e. The van der Waals surface area contributed by atoms with E-state index in [0.29, 0.717) is 12.0 Å². The monoisotopic (exact) mass is 307 g/mol. The molecule has 0 aliphatic rings. The third-order valence-corrected chi connectivity index (χ3v) is 4.28. The van der Waals surface area contributed by atoms with Crippen LogP contribution in [-0.2, 0) is 6.42 Å². The Kier molecular flexibility index (Phi) is 5.76. The summed E-state index contributed by atoms with van der Waals surface area (Å²) >= 11 is 1.79. The van der Waals surface area contributed by atoms with E-state index in [1.54, 1.807) is 11.8 Å². The van der Waals surface area contributed by atoms with Crippen LogP contribution in [0.5, 0.6) is 0 Å². The van der Waals surface area contributed by atoms with Crippen LogP contribution >= 0.6 is 11.8 Å². The lowest BCUT2D eigenvalue weighted by Crippen LogP contribution is -2.19. The van der Waals surface area contributed by atoms with Gasteiger partial charge in [0.15, 0.2) is 0 Å². The third-order valence-electron chi connectivity index (χ3n) is 3.38. The Morgan fingerprint density at radius 1 is 1.10 bits per heavy atom. The summed E-state index contributed by atoms with van der Waals surface area (Å²) < 4.78 is 26.7. The Balaban J connectivity index is 2.15. The van der Waals surface area contributed by atoms with Gasteiger partial charge in [0.1, 0.15) is 11.6 Å². The van der Waals surface area contributed by atoms with Crippen molar-refractivity contribution in [2.24, 2.45) is 0 Å². The molecule has 4 heteroatoms. The molecule has 0 aliphatic heterocycles. The van der Waals surface area contributed by atoms with E-state index in [2.05, 4.69) is 36.5 Å². The van der Waals surface area contributed by atoms with Gasteiger partial charge in [0.2, 0.25) is 0 Å². The van der Waals surface area contributed by atoms with Crippen LogP contribution in [0.2, 0.25) is 0 Å². The molecule has 1 nitrogen and oxygen atoms in total. The van der Waals surface area contributed by atoms with E-state index in [1.807, 2.05) is 7.05 Å². The van der Waals surface area contributed by atoms with Crippen LogP contribution < -0.4 is 5.32 Å². The lowest BCUT2D eigenvalue weighted by molar-refractivity contribution is 0.540. The molecular weight excluding hydrogens is 288 g/mol. The Hall–Kier alpha value is -1.39. The van der Waals surface area contributed by atoms with Gasteiger partial charge < -0.3 is 5.32 Å². The predicted molar refractivity (Wildman–Crippen MR) is 84.7 cm³/mol. The average molecular weight is 307 g/mol. The standard InChI is InChI=1S/C17H19F2NS/c1-3-21-15-8-5-12(6-9-15)17(20-2)10-13-4-7-14(18)11-16(13)19/h4-9,11,17,20H,3,10H2,1-2H3. The third kappa shape index (κ3) is 4.29. The maximum atomic E-state index is 13.8. The molecule has 1 N–H and O–H groups in total. The quantitative estimate of drug-likeness (QED) is 0.784. The molecule has 0 amide bonds. The van der Waals surface area contributed by atoms with E-state index in [0.717, 1.165) is 17.4 Å². The van der Waals surface area contributed by atoms with Crippen molar-refractivity contribution in [2.45, 2.75) is 24.3 Å². The highest BCUT2D eigenvalue weighted by atomic mass is 32.2. The Bertz CT molecular complexity index is 584. The first-order valence-electron chi connectivity index (χ1n) is 6.98. The number of thioether (sulfide) groups is 1. The highest BCUT2D eigenvalue weighted by Gasteiger charge is 2.13. The van der Waals surface area contributed by atoms with E-state index in [1.165, 1.54) is 17.0 Å². The topological polar surface area (TPSA) is 12.0 Å². The normalized spacial score (nSPS) is 12.4. The van der Waals surface area contributed by atoms with Gasteiger partial charge in [-0.25, -0.2) is 8.78 Å². The van der Waals surface area contributed by atoms with Gasteiger partial charge in [0.05, 0.1) is 0 Å². The molecule has 0 aliphatic carbocycles. The van der Waals surface area contributed by atoms with Crippen molar-refractivity contribution in [3.63, 3.8) is 0 Å². The SMILES string of the molecule is CCSc1ccc(C(Cc2ccc(F)cc2F)NC)cc1. The summed E-state index contributed by atoms with van der Waals surface area (Å²) in [5.41, 5.74) is 1.62. The second-order valence-corrected chi connectivity index (χ2v) is 6.12. The van der Waals surface area contributed by atoms with Gasteiger partial charge in [-0.05, 0) is 48.5 Å². The maximum Gasteiger partial charge on any atom is 0.129 e. The number of rotatable bonds is 6. The zero-order valence-electron chi connectivity index (χ0n) is 12.2. The van der Waals surface area contributed by atoms with Gasteiger partial charge in [-0.1, -0.05) is 25.1 Å². The second kappa shape index (κ2) is 7.57. The minimum atomic E-state index is -0.543. The van der Waals surface area contributed by atoms with E-state index < -0.39 is 11.6 Å². The number of hydrogen-bond donors (Lipinski definition) is 1. The van der Waals surface area contributed by atoms with Crippen LogP contribution in [-0.4, -0.2) is 12.8 Å². The fourth-order valence-electron chi connectivity index (χ4n) is 2.26. The van der Waals surface area contributed by atoms with Crippen molar-refractivity contribution < 1.29 is 8.78 Å². The average Bonchev–Trinajstić information content (AvgIpc) is 2.48. The number of likely N-dealkylation sites (N-methyl/N-ethyl adjacent to an activating group) is 1. The molecule has 0 saturated carbocycles. The van der Waals surface area contributed by atoms with E-state index in [4.69, 9.17) is 0 Å². The molecule has 0 heterocycles. The van der Waals surface area contributed by atoms with Gasteiger partial charge in [-0.15, -0.1) is 11.8 Å². The van der Waals surface area contributed by atoms with Crippen molar-refractivity contribution in [2.75, 3.05) is 12.8 Å². The first kappa shape index (κ1) is 16.0. The Labute approximate surface area is 128 Å². The summed E-state index contributed by atoms with van der Waals surface area (Å²) in [6.07, 6.45) is 0.489. The van der Waals surface area contributed by atoms with Gasteiger partial charge in [-0.2, -0.15) is 0 Å². The summed E-state index contributed by atoms with van der Waals surface area (Å²) in [5, 5.41) is 3.19. The van der Waals surface area contributed by atoms with Crippen LogP contribution in [0.1, 0.15) is 24.1 Å². The first-order chi connectivity index (χ1) is 10.1. The maximum absolute atomic E-state index is 13.8. The molecule has 21 heavy (non-hydrogen) atoms. The number of benzene rings is 2. The number of halogens is 2. The van der Waals surface area contributed by atoms with Crippen LogP contribution in [0.3, 0.4) is 0 Å². The predicted octanol–water partition coefficient (Wildman–Crippen LogP) is 4.58. The van der Waals surface area contributed by atoms with Crippen molar-refractivity contribution >= 4 is 11.8 Å². The zero-order chi connectivity index (χ0) is 15.2. The van der Waals surface area contributed by atoms with Gasteiger partial charge in [0.25, 0.3) is 0 Å². The highest BCUT2D eigenvalue weighted by molar-refractivity contribution is 7.99. The van der Waals surface area contributed by atoms with Crippen molar-refractivity contribution in [3.05, 3.63) is 65.2 Å². The molecule has 0 aromatic heterocycles. The Morgan fingerprint density at radius 3 is 2.38 bits per heavy atom. The molecule has 1 unspecified atom stereocenters. The van der Waals surface area contributed by atoms with Crippen LogP contribution in [0.25, 0.3) is 0 Å². The number of nitrogens with one attached hydrogen (secondary N) is 1. The fraction of sp³-hybridized carbons (Fsp3) is 0.294. The van der Waals surface area contributed by atoms with Gasteiger partial charge >= 0.3 is 0 Å². The first-order valence-corrected chi connectivity index (χ1v) is 7.96. The van der Waals surface area contributed by atoms with Crippen molar-refractivity contribution in [1.29, 1.82) is 0 Å². The summed E-state index contributed by atoms with van der Waals surface area (Å²) in [6.45, 7) is 2.12. The van der Waals surface area contributed by atoms with E-state index in [-0.39, 0.29) is 6.04 Å². The molecule has 0 fully saturated rings. The Morgan fingerprint density at radius 2 is 1.81 bits per heavy atom. The van der Waals surface area contributed by atoms with Gasteiger partial charge in [0, 0.05) is 17.0 Å². The highest BCUT2D eigenvalue weighted by Crippen LogP contribution is 2.24. The van der Waals surface area contributed by atoms with E-state index >= 15 is 0 Å². The minimum Gasteiger partial charge on any atom is -0.313 e. The molecule has 112 valence electrons. The van der Waals surface area contributed by atoms with Crippen LogP contribution in [0.15, 0.2) is 47.4 Å². The molecular formula is C17H19F2NS. The molecule has 0 bridgehead atoms. The summed E-state index contributed by atoms with van der Waals surface area (Å²) in [5.74, 6) is 0.00175. The summed E-state index contributed by atoms with van der Waals surface area (Å²) in [6, 6.07) is 12.0. The molecule has 2 aromatic carbocycles.